The number of esters is 1. The molecule has 0 N–H and O–H groups in total. The molecule has 2 aliphatic carbocycles. The molecule has 0 saturated heterocycles. The summed E-state index contributed by atoms with van der Waals surface area (Å²) in [7, 11) is 0. The molecule has 0 aliphatic heterocycles. The lowest BCUT2D eigenvalue weighted by Crippen LogP contribution is -2.25. The number of unbranched alkanes of at least 4 members (excludes halogenated alkanes) is 1. The Hall–Kier alpha value is -2.50. The lowest BCUT2D eigenvalue weighted by atomic mass is 9.77. The molecule has 2 saturated carbocycles. The zero-order chi connectivity index (χ0) is 25.7. The van der Waals surface area contributed by atoms with Crippen molar-refractivity contribution in [2.75, 3.05) is 6.61 Å². The highest BCUT2D eigenvalue weighted by molar-refractivity contribution is 5.90. The number of halogens is 3. The molecule has 0 spiro atoms. The van der Waals surface area contributed by atoms with Crippen molar-refractivity contribution in [3.8, 4) is 5.75 Å². The first-order chi connectivity index (χ1) is 17.4. The monoisotopic (exact) mass is 502 g/mol. The van der Waals surface area contributed by atoms with Crippen LogP contribution in [0.1, 0.15) is 111 Å². The van der Waals surface area contributed by atoms with Crippen LogP contribution in [0, 0.1) is 23.4 Å². The average molecular weight is 503 g/mol. The number of benzene rings is 2. The SMILES string of the molecule is CCCCOc1ccc(C(=O)OC2CCC(c3ccc(C4CCC(C)CC4)c(F)c3F)CC2)c(F)c1. The highest BCUT2D eigenvalue weighted by atomic mass is 19.2. The summed E-state index contributed by atoms with van der Waals surface area (Å²) in [5.41, 5.74) is 0.797. The summed E-state index contributed by atoms with van der Waals surface area (Å²) in [5, 5.41) is 0. The van der Waals surface area contributed by atoms with Gasteiger partial charge in [0, 0.05) is 6.07 Å². The van der Waals surface area contributed by atoms with E-state index in [1.54, 1.807) is 18.2 Å². The van der Waals surface area contributed by atoms with Crippen LogP contribution in [0.15, 0.2) is 30.3 Å². The highest BCUT2D eigenvalue weighted by Crippen LogP contribution is 2.40. The minimum Gasteiger partial charge on any atom is -0.493 e. The van der Waals surface area contributed by atoms with Gasteiger partial charge in [-0.2, -0.15) is 0 Å². The zero-order valence-electron chi connectivity index (χ0n) is 21.3. The molecule has 6 heteroatoms. The lowest BCUT2D eigenvalue weighted by molar-refractivity contribution is 0.0189. The van der Waals surface area contributed by atoms with E-state index in [2.05, 4.69) is 6.92 Å². The third-order valence-electron chi connectivity index (χ3n) is 7.91. The summed E-state index contributed by atoms with van der Waals surface area (Å²) < 4.78 is 55.6. The Kier molecular flexibility index (Phi) is 8.97. The van der Waals surface area contributed by atoms with Gasteiger partial charge in [-0.1, -0.05) is 45.2 Å². The second kappa shape index (κ2) is 12.2. The van der Waals surface area contributed by atoms with E-state index < -0.39 is 23.4 Å². The molecular weight excluding hydrogens is 465 g/mol. The highest BCUT2D eigenvalue weighted by Gasteiger charge is 2.30. The summed E-state index contributed by atoms with van der Waals surface area (Å²) in [6, 6.07) is 7.69. The molecule has 2 aromatic carbocycles. The molecule has 0 heterocycles. The quantitative estimate of drug-likeness (QED) is 0.268. The van der Waals surface area contributed by atoms with Gasteiger partial charge in [-0.05, 0) is 86.0 Å². The molecule has 0 unspecified atom stereocenters. The molecule has 0 atom stereocenters. The van der Waals surface area contributed by atoms with E-state index >= 15 is 4.39 Å². The van der Waals surface area contributed by atoms with E-state index in [0.717, 1.165) is 38.5 Å². The Morgan fingerprint density at radius 2 is 1.44 bits per heavy atom. The summed E-state index contributed by atoms with van der Waals surface area (Å²) >= 11 is 0. The van der Waals surface area contributed by atoms with Crippen molar-refractivity contribution in [3.63, 3.8) is 0 Å². The van der Waals surface area contributed by atoms with Crippen LogP contribution in [0.25, 0.3) is 0 Å². The van der Waals surface area contributed by atoms with Crippen molar-refractivity contribution >= 4 is 5.97 Å². The van der Waals surface area contributed by atoms with Crippen LogP contribution in [-0.4, -0.2) is 18.7 Å². The molecule has 2 aromatic rings. The molecular formula is C30H37F3O3. The van der Waals surface area contributed by atoms with Crippen LogP contribution in [0.3, 0.4) is 0 Å². The molecule has 0 radical (unpaired) electrons. The topological polar surface area (TPSA) is 35.5 Å². The van der Waals surface area contributed by atoms with Gasteiger partial charge >= 0.3 is 5.97 Å². The van der Waals surface area contributed by atoms with E-state index in [0.29, 0.717) is 55.1 Å². The molecule has 2 fully saturated rings. The first kappa shape index (κ1) is 26.6. The van der Waals surface area contributed by atoms with Gasteiger partial charge in [-0.25, -0.2) is 18.0 Å². The third kappa shape index (κ3) is 6.24. The summed E-state index contributed by atoms with van der Waals surface area (Å²) in [4.78, 5) is 12.6. The van der Waals surface area contributed by atoms with Gasteiger partial charge in [0.15, 0.2) is 11.6 Å². The first-order valence-corrected chi connectivity index (χ1v) is 13.5. The van der Waals surface area contributed by atoms with Gasteiger partial charge in [-0.3, -0.25) is 0 Å². The summed E-state index contributed by atoms with van der Waals surface area (Å²) in [6.07, 6.45) is 7.61. The Morgan fingerprint density at radius 3 is 2.00 bits per heavy atom. The lowest BCUT2D eigenvalue weighted by Gasteiger charge is -2.30. The van der Waals surface area contributed by atoms with Crippen molar-refractivity contribution in [2.24, 2.45) is 5.92 Å². The van der Waals surface area contributed by atoms with Gasteiger partial charge in [0.1, 0.15) is 17.7 Å². The van der Waals surface area contributed by atoms with Crippen LogP contribution >= 0.6 is 0 Å². The number of carbonyl (C=O) groups is 1. The minimum atomic E-state index is -0.727. The molecule has 0 aromatic heterocycles. The van der Waals surface area contributed by atoms with Crippen LogP contribution in [0.2, 0.25) is 0 Å². The van der Waals surface area contributed by atoms with Gasteiger partial charge < -0.3 is 9.47 Å². The van der Waals surface area contributed by atoms with E-state index in [1.165, 1.54) is 12.1 Å². The van der Waals surface area contributed by atoms with Crippen LogP contribution in [-0.2, 0) is 4.74 Å². The van der Waals surface area contributed by atoms with E-state index in [4.69, 9.17) is 9.47 Å². The fourth-order valence-corrected chi connectivity index (χ4v) is 5.57. The first-order valence-electron chi connectivity index (χ1n) is 13.5. The second-order valence-corrected chi connectivity index (χ2v) is 10.6. The molecule has 36 heavy (non-hydrogen) atoms. The van der Waals surface area contributed by atoms with Crippen molar-refractivity contribution < 1.29 is 27.4 Å². The Balaban J connectivity index is 1.32. The van der Waals surface area contributed by atoms with Gasteiger partial charge in [0.2, 0.25) is 0 Å². The molecule has 2 aliphatic rings. The number of ether oxygens (including phenoxy) is 2. The van der Waals surface area contributed by atoms with E-state index in [-0.39, 0.29) is 23.5 Å². The van der Waals surface area contributed by atoms with Crippen molar-refractivity contribution in [2.45, 2.75) is 96.0 Å². The van der Waals surface area contributed by atoms with Crippen LogP contribution < -0.4 is 4.74 Å². The zero-order valence-corrected chi connectivity index (χ0v) is 21.3. The average Bonchev–Trinajstić information content (AvgIpc) is 2.87. The minimum absolute atomic E-state index is 0.0947. The molecule has 0 amide bonds. The number of rotatable bonds is 8. The fourth-order valence-electron chi connectivity index (χ4n) is 5.57. The number of carbonyl (C=O) groups excluding carboxylic acids is 1. The number of hydrogen-bond donors (Lipinski definition) is 0. The Morgan fingerprint density at radius 1 is 0.861 bits per heavy atom. The fraction of sp³-hybridized carbons (Fsp3) is 0.567. The third-order valence-corrected chi connectivity index (χ3v) is 7.91. The summed E-state index contributed by atoms with van der Waals surface area (Å²) in [6.45, 7) is 4.75. The van der Waals surface area contributed by atoms with E-state index in [9.17, 15) is 13.6 Å². The largest absolute Gasteiger partial charge is 0.493 e. The van der Waals surface area contributed by atoms with Crippen LogP contribution in [0.5, 0.6) is 5.75 Å². The second-order valence-electron chi connectivity index (χ2n) is 10.6. The van der Waals surface area contributed by atoms with Crippen LogP contribution in [0.4, 0.5) is 13.2 Å². The smallest absolute Gasteiger partial charge is 0.341 e. The molecule has 4 rings (SSSR count). The predicted octanol–water partition coefficient (Wildman–Crippen LogP) is 8.46. The molecule has 3 nitrogen and oxygen atoms in total. The Bertz CT molecular complexity index is 1040. The standard InChI is InChI=1S/C30H37F3O3/c1-3-4-17-35-23-13-14-26(27(31)18-23)30(34)36-22-11-9-21(10-12-22)25-16-15-24(28(32)29(25)33)20-7-5-19(2)6-8-20/h13-16,18-22H,3-12,17H2,1-2H3. The van der Waals surface area contributed by atoms with Gasteiger partial charge in [-0.15, -0.1) is 0 Å². The van der Waals surface area contributed by atoms with Gasteiger partial charge in [0.25, 0.3) is 0 Å². The molecule has 196 valence electrons. The maximum absolute atomic E-state index is 15.1. The molecule has 0 bridgehead atoms. The number of hydrogen-bond acceptors (Lipinski definition) is 3. The predicted molar refractivity (Wildman–Crippen MR) is 134 cm³/mol. The normalized spacial score (nSPS) is 24.4. The van der Waals surface area contributed by atoms with Crippen molar-refractivity contribution in [3.05, 3.63) is 64.5 Å². The maximum Gasteiger partial charge on any atom is 0.341 e. The van der Waals surface area contributed by atoms with Gasteiger partial charge in [0.05, 0.1) is 12.2 Å². The van der Waals surface area contributed by atoms with Crippen molar-refractivity contribution in [1.82, 2.24) is 0 Å². The summed E-state index contributed by atoms with van der Waals surface area (Å²) in [5.74, 6) is -1.79. The van der Waals surface area contributed by atoms with Crippen molar-refractivity contribution in [1.29, 1.82) is 0 Å². The maximum atomic E-state index is 15.1. The van der Waals surface area contributed by atoms with E-state index in [1.807, 2.05) is 6.92 Å². The Labute approximate surface area is 212 Å².